The minimum absolute atomic E-state index is 0.0300. The average Bonchev–Trinajstić information content (AvgIpc) is 2.74. The summed E-state index contributed by atoms with van der Waals surface area (Å²) in [5.41, 5.74) is -0.812. The van der Waals surface area contributed by atoms with Gasteiger partial charge in [0.05, 0.1) is 12.8 Å². The van der Waals surface area contributed by atoms with Crippen molar-refractivity contribution in [1.82, 2.24) is 13.3 Å². The molecule has 0 bridgehead atoms. The van der Waals surface area contributed by atoms with Crippen LogP contribution in [0, 0.1) is 0 Å². The maximum Gasteiger partial charge on any atom is 0.375 e. The molecule has 0 amide bonds. The molecule has 0 spiro atoms. The van der Waals surface area contributed by atoms with Crippen LogP contribution < -0.4 is 0 Å². The lowest BCUT2D eigenvalue weighted by Crippen LogP contribution is -2.31. The molecule has 0 radical (unpaired) electrons. The number of alkyl halides is 2. The molecule has 0 aliphatic carbocycles. The number of halogens is 2. The molecule has 108 valence electrons. The molecule has 0 unspecified atom stereocenters. The third-order valence-corrected chi connectivity index (χ3v) is 3.78. The van der Waals surface area contributed by atoms with E-state index in [2.05, 4.69) is 9.72 Å². The maximum atomic E-state index is 12.6. The van der Waals surface area contributed by atoms with Crippen molar-refractivity contribution >= 4 is 16.2 Å². The highest BCUT2D eigenvalue weighted by Gasteiger charge is 2.29. The highest BCUT2D eigenvalue weighted by atomic mass is 32.2. The van der Waals surface area contributed by atoms with Crippen LogP contribution in [0.3, 0.4) is 0 Å². The largest absolute Gasteiger partial charge is 0.460 e. The van der Waals surface area contributed by atoms with Gasteiger partial charge in [-0.25, -0.2) is 22.5 Å². The summed E-state index contributed by atoms with van der Waals surface area (Å²) in [4.78, 5) is 14.8. The Kier molecular flexibility index (Phi) is 4.58. The number of hydrogen-bond acceptors (Lipinski definition) is 5. The van der Waals surface area contributed by atoms with E-state index >= 15 is 0 Å². The lowest BCUT2D eigenvalue weighted by molar-refractivity contribution is 0.0510. The lowest BCUT2D eigenvalue weighted by atomic mass is 10.5. The third-order valence-electron chi connectivity index (χ3n) is 2.08. The lowest BCUT2D eigenvalue weighted by Gasteiger charge is -2.13. The van der Waals surface area contributed by atoms with E-state index in [1.165, 1.54) is 21.0 Å². The van der Waals surface area contributed by atoms with Gasteiger partial charge in [0.25, 0.3) is 6.43 Å². The number of ether oxygens (including phenoxy) is 1. The van der Waals surface area contributed by atoms with Crippen LogP contribution in [0.4, 0.5) is 8.78 Å². The Morgan fingerprint density at radius 3 is 2.53 bits per heavy atom. The number of esters is 1. The zero-order valence-electron chi connectivity index (χ0n) is 10.5. The van der Waals surface area contributed by atoms with Crippen molar-refractivity contribution in [2.75, 3.05) is 20.7 Å². The van der Waals surface area contributed by atoms with Crippen molar-refractivity contribution in [3.8, 4) is 0 Å². The van der Waals surface area contributed by atoms with Crippen molar-refractivity contribution in [1.29, 1.82) is 0 Å². The van der Waals surface area contributed by atoms with Crippen molar-refractivity contribution in [3.05, 3.63) is 17.7 Å². The number of imidazole rings is 1. The van der Waals surface area contributed by atoms with Crippen LogP contribution in [0.5, 0.6) is 0 Å². The first-order chi connectivity index (χ1) is 8.71. The van der Waals surface area contributed by atoms with E-state index in [9.17, 15) is 22.0 Å². The first kappa shape index (κ1) is 15.5. The number of nitrogens with zero attached hydrogens (tertiary/aromatic N) is 3. The predicted molar refractivity (Wildman–Crippen MR) is 61.1 cm³/mol. The molecule has 19 heavy (non-hydrogen) atoms. The van der Waals surface area contributed by atoms with E-state index in [1.807, 2.05) is 0 Å². The first-order valence-electron chi connectivity index (χ1n) is 5.19. The highest BCUT2D eigenvalue weighted by molar-refractivity contribution is 7.87. The fourth-order valence-electron chi connectivity index (χ4n) is 1.17. The zero-order chi connectivity index (χ0) is 14.8. The molecule has 1 aromatic rings. The molecule has 10 heteroatoms. The highest BCUT2D eigenvalue weighted by Crippen LogP contribution is 2.20. The van der Waals surface area contributed by atoms with E-state index in [1.54, 1.807) is 0 Å². The molecule has 0 atom stereocenters. The average molecular weight is 297 g/mol. The number of carbonyl (C=O) groups is 1. The standard InChI is InChI=1S/C9H13F2N3O4S/c1-4-18-9(15)8-12-6(7(10)11)5-14(8)19(16,17)13(2)3/h5,7H,4H2,1-3H3. The summed E-state index contributed by atoms with van der Waals surface area (Å²) in [6, 6.07) is 0. The van der Waals surface area contributed by atoms with Crippen LogP contribution in [0.15, 0.2) is 6.20 Å². The Hall–Kier alpha value is -1.55. The summed E-state index contributed by atoms with van der Waals surface area (Å²) in [6.07, 6.45) is -2.39. The third kappa shape index (κ3) is 3.07. The Morgan fingerprint density at radius 2 is 2.11 bits per heavy atom. The molecular weight excluding hydrogens is 284 g/mol. The summed E-state index contributed by atoms with van der Waals surface area (Å²) in [5.74, 6) is -1.79. The molecule has 1 rings (SSSR count). The van der Waals surface area contributed by atoms with E-state index in [-0.39, 0.29) is 6.61 Å². The molecule has 0 aromatic carbocycles. The maximum absolute atomic E-state index is 12.6. The monoisotopic (exact) mass is 297 g/mol. The van der Waals surface area contributed by atoms with Gasteiger partial charge >= 0.3 is 16.2 Å². The second-order valence-corrected chi connectivity index (χ2v) is 5.62. The summed E-state index contributed by atoms with van der Waals surface area (Å²) >= 11 is 0. The number of hydrogen-bond donors (Lipinski definition) is 0. The first-order valence-corrected chi connectivity index (χ1v) is 6.59. The normalized spacial score (nSPS) is 12.2. The molecule has 0 saturated carbocycles. The molecule has 1 heterocycles. The Balaban J connectivity index is 3.41. The summed E-state index contributed by atoms with van der Waals surface area (Å²) in [6.45, 7) is 1.47. The van der Waals surface area contributed by atoms with Gasteiger partial charge in [-0.05, 0) is 6.92 Å². The Labute approximate surface area is 109 Å². The molecule has 0 aliphatic rings. The molecule has 0 saturated heterocycles. The topological polar surface area (TPSA) is 81.5 Å². The number of carbonyl (C=O) groups excluding carboxylic acids is 1. The van der Waals surface area contributed by atoms with Gasteiger partial charge in [-0.2, -0.15) is 12.7 Å². The predicted octanol–water partition coefficient (Wildman–Crippen LogP) is 0.652. The summed E-state index contributed by atoms with van der Waals surface area (Å²) in [5, 5.41) is 0. The second-order valence-electron chi connectivity index (χ2n) is 3.60. The summed E-state index contributed by atoms with van der Waals surface area (Å²) in [7, 11) is -1.73. The summed E-state index contributed by atoms with van der Waals surface area (Å²) < 4.78 is 54.7. The molecular formula is C9H13F2N3O4S. The van der Waals surface area contributed by atoms with Crippen LogP contribution in [-0.4, -0.2) is 48.4 Å². The number of rotatable bonds is 5. The molecule has 7 nitrogen and oxygen atoms in total. The van der Waals surface area contributed by atoms with E-state index < -0.39 is 34.1 Å². The van der Waals surface area contributed by atoms with Gasteiger partial charge in [-0.15, -0.1) is 0 Å². The van der Waals surface area contributed by atoms with Crippen LogP contribution in [0.1, 0.15) is 29.7 Å². The smallest absolute Gasteiger partial charge is 0.375 e. The molecule has 0 fully saturated rings. The van der Waals surface area contributed by atoms with Crippen LogP contribution in [0.2, 0.25) is 0 Å². The van der Waals surface area contributed by atoms with Gasteiger partial charge in [0.1, 0.15) is 5.69 Å². The van der Waals surface area contributed by atoms with Gasteiger partial charge < -0.3 is 4.74 Å². The molecule has 0 aliphatic heterocycles. The van der Waals surface area contributed by atoms with Gasteiger partial charge in [0.15, 0.2) is 0 Å². The van der Waals surface area contributed by atoms with Gasteiger partial charge in [0.2, 0.25) is 5.82 Å². The number of aromatic nitrogens is 2. The van der Waals surface area contributed by atoms with Gasteiger partial charge in [-0.1, -0.05) is 0 Å². The second kappa shape index (κ2) is 5.61. The van der Waals surface area contributed by atoms with E-state index in [0.29, 0.717) is 10.2 Å². The van der Waals surface area contributed by atoms with Crippen molar-refractivity contribution in [2.24, 2.45) is 0 Å². The van der Waals surface area contributed by atoms with Crippen molar-refractivity contribution in [2.45, 2.75) is 13.3 Å². The van der Waals surface area contributed by atoms with Gasteiger partial charge in [0, 0.05) is 14.1 Å². The quantitative estimate of drug-likeness (QED) is 0.745. The SMILES string of the molecule is CCOC(=O)c1nc(C(F)F)cn1S(=O)(=O)N(C)C. The minimum atomic E-state index is -4.13. The Bertz CT molecular complexity index is 568. The van der Waals surface area contributed by atoms with Crippen LogP contribution >= 0.6 is 0 Å². The van der Waals surface area contributed by atoms with E-state index in [0.717, 1.165) is 4.31 Å². The van der Waals surface area contributed by atoms with Crippen LogP contribution in [0.25, 0.3) is 0 Å². The molecule has 0 N–H and O–H groups in total. The minimum Gasteiger partial charge on any atom is -0.460 e. The fraction of sp³-hybridized carbons (Fsp3) is 0.556. The van der Waals surface area contributed by atoms with E-state index in [4.69, 9.17) is 0 Å². The molecule has 1 aromatic heterocycles. The van der Waals surface area contributed by atoms with Crippen molar-refractivity contribution < 1.29 is 26.7 Å². The zero-order valence-corrected chi connectivity index (χ0v) is 11.3. The van der Waals surface area contributed by atoms with Crippen LogP contribution in [-0.2, 0) is 14.9 Å². The fourth-order valence-corrected chi connectivity index (χ4v) is 2.10. The van der Waals surface area contributed by atoms with Gasteiger partial charge in [-0.3, -0.25) is 0 Å². The van der Waals surface area contributed by atoms with Crippen molar-refractivity contribution in [3.63, 3.8) is 0 Å². The Morgan fingerprint density at radius 1 is 1.53 bits per heavy atom.